The number of rotatable bonds is 4. The highest BCUT2D eigenvalue weighted by Crippen LogP contribution is 2.12. The van der Waals surface area contributed by atoms with Gasteiger partial charge in [-0.25, -0.2) is 9.37 Å². The van der Waals surface area contributed by atoms with Gasteiger partial charge in [-0.15, -0.1) is 0 Å². The largest absolute Gasteiger partial charge is 0.378 e. The first kappa shape index (κ1) is 13.9. The third kappa shape index (κ3) is 3.48. The number of methoxy groups -OCH3 is 1. The van der Waals surface area contributed by atoms with Crippen LogP contribution in [0.25, 0.3) is 0 Å². The highest BCUT2D eigenvalue weighted by Gasteiger charge is 2.09. The summed E-state index contributed by atoms with van der Waals surface area (Å²) in [5, 5.41) is 0. The van der Waals surface area contributed by atoms with Gasteiger partial charge in [-0.05, 0) is 33.6 Å². The molecule has 0 amide bonds. The minimum atomic E-state index is -0.291. The van der Waals surface area contributed by atoms with Crippen LogP contribution in [0, 0.1) is 5.82 Å². The quantitative estimate of drug-likeness (QED) is 0.938. The molecule has 0 fully saturated rings. The van der Waals surface area contributed by atoms with E-state index in [0.29, 0.717) is 22.4 Å². The zero-order chi connectivity index (χ0) is 13.8. The van der Waals surface area contributed by atoms with E-state index in [1.165, 1.54) is 19.2 Å². The van der Waals surface area contributed by atoms with Crippen LogP contribution in [0.2, 0.25) is 0 Å². The maximum absolute atomic E-state index is 12.8. The first-order valence-electron chi connectivity index (χ1n) is 5.61. The van der Waals surface area contributed by atoms with Gasteiger partial charge in [0.15, 0.2) is 0 Å². The molecule has 6 heteroatoms. The fraction of sp³-hybridized carbons (Fsp3) is 0.231. The highest BCUT2D eigenvalue weighted by atomic mass is 79.9. The van der Waals surface area contributed by atoms with Crippen LogP contribution in [-0.4, -0.2) is 17.1 Å². The van der Waals surface area contributed by atoms with E-state index in [1.54, 1.807) is 12.1 Å². The summed E-state index contributed by atoms with van der Waals surface area (Å²) in [7, 11) is 1.54. The van der Waals surface area contributed by atoms with Crippen molar-refractivity contribution < 1.29 is 9.13 Å². The summed E-state index contributed by atoms with van der Waals surface area (Å²) in [5.74, 6) is 0.230. The van der Waals surface area contributed by atoms with Crippen molar-refractivity contribution in [2.45, 2.75) is 13.0 Å². The van der Waals surface area contributed by atoms with E-state index >= 15 is 0 Å². The lowest BCUT2D eigenvalue weighted by Crippen LogP contribution is -2.16. The molecule has 0 aliphatic carbocycles. The Morgan fingerprint density at radius 3 is 2.68 bits per heavy atom. The molecule has 1 aromatic carbocycles. The normalized spacial score (nSPS) is 10.7. The zero-order valence-electron chi connectivity index (χ0n) is 10.2. The number of aromatic nitrogens is 2. The van der Waals surface area contributed by atoms with Crippen molar-refractivity contribution in [1.82, 2.24) is 9.97 Å². The van der Waals surface area contributed by atoms with Crippen molar-refractivity contribution in [3.8, 4) is 0 Å². The summed E-state index contributed by atoms with van der Waals surface area (Å²) in [6.07, 6.45) is 0.430. The number of benzene rings is 1. The van der Waals surface area contributed by atoms with E-state index in [2.05, 4.69) is 25.9 Å². The number of nitrogens with zero attached hydrogens (tertiary/aromatic N) is 1. The third-order valence-corrected chi connectivity index (χ3v) is 3.36. The van der Waals surface area contributed by atoms with Crippen LogP contribution in [0.15, 0.2) is 33.5 Å². The number of H-pyrrole nitrogens is 1. The Morgan fingerprint density at radius 2 is 2.05 bits per heavy atom. The van der Waals surface area contributed by atoms with Crippen LogP contribution in [0.3, 0.4) is 0 Å². The van der Waals surface area contributed by atoms with Gasteiger partial charge in [0, 0.05) is 13.5 Å². The van der Waals surface area contributed by atoms with Gasteiger partial charge in [-0.1, -0.05) is 12.1 Å². The second kappa shape index (κ2) is 6.08. The summed E-state index contributed by atoms with van der Waals surface area (Å²) in [6.45, 7) is 0.251. The minimum Gasteiger partial charge on any atom is -0.378 e. The lowest BCUT2D eigenvalue weighted by atomic mass is 10.1. The molecule has 0 aliphatic heterocycles. The molecule has 0 atom stereocenters. The molecular formula is C13H12BrFN2O2. The number of hydrogen-bond acceptors (Lipinski definition) is 3. The van der Waals surface area contributed by atoms with Crippen LogP contribution >= 0.6 is 15.9 Å². The van der Waals surface area contributed by atoms with Crippen LogP contribution in [-0.2, 0) is 17.8 Å². The Balaban J connectivity index is 2.30. The molecule has 19 heavy (non-hydrogen) atoms. The molecule has 0 saturated heterocycles. The van der Waals surface area contributed by atoms with Crippen molar-refractivity contribution in [2.75, 3.05) is 7.11 Å². The average Bonchev–Trinajstić information content (AvgIpc) is 2.38. The highest BCUT2D eigenvalue weighted by molar-refractivity contribution is 9.10. The van der Waals surface area contributed by atoms with Gasteiger partial charge in [0.25, 0.3) is 5.56 Å². The maximum Gasteiger partial charge on any atom is 0.265 e. The van der Waals surface area contributed by atoms with Crippen molar-refractivity contribution in [2.24, 2.45) is 0 Å². The molecule has 1 heterocycles. The van der Waals surface area contributed by atoms with Gasteiger partial charge < -0.3 is 9.72 Å². The molecule has 0 aliphatic rings. The Morgan fingerprint density at radius 1 is 1.37 bits per heavy atom. The van der Waals surface area contributed by atoms with E-state index in [-0.39, 0.29) is 18.0 Å². The standard InChI is InChI=1S/C13H12BrFN2O2/c1-19-7-10-12(14)13(18)17-11(16-10)6-8-2-4-9(15)5-3-8/h2-5H,6-7H2,1H3,(H,16,17,18). The number of halogens is 2. The average molecular weight is 327 g/mol. The molecule has 0 bridgehead atoms. The van der Waals surface area contributed by atoms with Crippen LogP contribution < -0.4 is 5.56 Å². The van der Waals surface area contributed by atoms with E-state index in [4.69, 9.17) is 4.74 Å². The summed E-state index contributed by atoms with van der Waals surface area (Å²) < 4.78 is 18.2. The molecule has 1 aromatic heterocycles. The summed E-state index contributed by atoms with van der Waals surface area (Å²) in [5.41, 5.74) is 1.16. The molecule has 0 unspecified atom stereocenters. The van der Waals surface area contributed by atoms with Crippen LogP contribution in [0.1, 0.15) is 17.1 Å². The Bertz CT molecular complexity index is 626. The Labute approximate surface area is 117 Å². The smallest absolute Gasteiger partial charge is 0.265 e. The number of aromatic amines is 1. The van der Waals surface area contributed by atoms with Gasteiger partial charge >= 0.3 is 0 Å². The second-order valence-corrected chi connectivity index (χ2v) is 4.80. The topological polar surface area (TPSA) is 55.0 Å². The predicted octanol–water partition coefficient (Wildman–Crippen LogP) is 2.41. The molecule has 1 N–H and O–H groups in total. The lowest BCUT2D eigenvalue weighted by molar-refractivity contribution is 0.180. The molecule has 0 radical (unpaired) electrons. The maximum atomic E-state index is 12.8. The van der Waals surface area contributed by atoms with Gasteiger partial charge in [-0.2, -0.15) is 0 Å². The third-order valence-electron chi connectivity index (χ3n) is 2.55. The number of hydrogen-bond donors (Lipinski definition) is 1. The van der Waals surface area contributed by atoms with Gasteiger partial charge in [-0.3, -0.25) is 4.79 Å². The van der Waals surface area contributed by atoms with Gasteiger partial charge in [0.05, 0.1) is 12.3 Å². The molecule has 2 aromatic rings. The van der Waals surface area contributed by atoms with Crippen molar-refractivity contribution in [3.63, 3.8) is 0 Å². The fourth-order valence-corrected chi connectivity index (χ4v) is 1.97. The van der Waals surface area contributed by atoms with Crippen molar-refractivity contribution in [1.29, 1.82) is 0 Å². The summed E-state index contributed by atoms with van der Waals surface area (Å²) in [6, 6.07) is 6.07. The molecular weight excluding hydrogens is 315 g/mol. The van der Waals surface area contributed by atoms with Gasteiger partial charge in [0.1, 0.15) is 16.1 Å². The van der Waals surface area contributed by atoms with Crippen molar-refractivity contribution >= 4 is 15.9 Å². The molecule has 100 valence electrons. The zero-order valence-corrected chi connectivity index (χ0v) is 11.8. The molecule has 0 spiro atoms. The second-order valence-electron chi connectivity index (χ2n) is 4.01. The summed E-state index contributed by atoms with van der Waals surface area (Å²) in [4.78, 5) is 18.7. The Kier molecular flexibility index (Phi) is 4.44. The summed E-state index contributed by atoms with van der Waals surface area (Å²) >= 11 is 3.17. The van der Waals surface area contributed by atoms with Crippen LogP contribution in [0.4, 0.5) is 4.39 Å². The molecule has 2 rings (SSSR count). The molecule has 0 saturated carbocycles. The van der Waals surface area contributed by atoms with E-state index in [0.717, 1.165) is 5.56 Å². The van der Waals surface area contributed by atoms with Crippen LogP contribution in [0.5, 0.6) is 0 Å². The number of ether oxygens (including phenoxy) is 1. The molecule has 4 nitrogen and oxygen atoms in total. The number of nitrogens with one attached hydrogen (secondary N) is 1. The first-order valence-corrected chi connectivity index (χ1v) is 6.40. The fourth-order valence-electron chi connectivity index (χ4n) is 1.67. The Hall–Kier alpha value is -1.53. The van der Waals surface area contributed by atoms with E-state index < -0.39 is 0 Å². The first-order chi connectivity index (χ1) is 9.10. The minimum absolute atomic E-state index is 0.251. The monoisotopic (exact) mass is 326 g/mol. The predicted molar refractivity (Wildman–Crippen MR) is 72.5 cm³/mol. The van der Waals surface area contributed by atoms with Crippen molar-refractivity contribution in [3.05, 3.63) is 62.0 Å². The lowest BCUT2D eigenvalue weighted by Gasteiger charge is -2.06. The SMILES string of the molecule is COCc1nc(Cc2ccc(F)cc2)[nH]c(=O)c1Br. The van der Waals surface area contributed by atoms with E-state index in [1.807, 2.05) is 0 Å². The van der Waals surface area contributed by atoms with E-state index in [9.17, 15) is 9.18 Å². The van der Waals surface area contributed by atoms with Gasteiger partial charge in [0.2, 0.25) is 0 Å².